The monoisotopic (exact) mass is 443 g/mol. The van der Waals surface area contributed by atoms with E-state index in [1.165, 1.54) is 11.8 Å². The maximum atomic E-state index is 12.7. The number of benzene rings is 3. The zero-order valence-corrected chi connectivity index (χ0v) is 18.2. The second-order valence-corrected chi connectivity index (χ2v) is 7.85. The lowest BCUT2D eigenvalue weighted by Gasteiger charge is -2.12. The van der Waals surface area contributed by atoms with E-state index in [1.807, 2.05) is 60.0 Å². The van der Waals surface area contributed by atoms with Crippen LogP contribution in [0.4, 0.5) is 11.4 Å². The molecule has 7 nitrogen and oxygen atoms in total. The van der Waals surface area contributed by atoms with Crippen molar-refractivity contribution in [3.05, 3.63) is 96.3 Å². The van der Waals surface area contributed by atoms with Crippen LogP contribution in [0.15, 0.2) is 90.1 Å². The number of anilines is 2. The topological polar surface area (TPSA) is 88.9 Å². The number of para-hydroxylation sites is 3. The first-order chi connectivity index (χ1) is 15.6. The molecule has 0 unspecified atom stereocenters. The molecule has 0 aliphatic heterocycles. The number of amides is 2. The SMILES string of the molecule is Cc1nnc(SCC(=O)Nc2ccccc2C(=O)Nc2ccccc2)n1-c1ccccc1. The van der Waals surface area contributed by atoms with Crippen LogP contribution in [0.3, 0.4) is 0 Å². The summed E-state index contributed by atoms with van der Waals surface area (Å²) in [5.74, 6) is 0.330. The molecule has 1 heterocycles. The van der Waals surface area contributed by atoms with Crippen molar-refractivity contribution in [1.29, 1.82) is 0 Å². The highest BCUT2D eigenvalue weighted by atomic mass is 32.2. The molecule has 0 radical (unpaired) electrons. The normalized spacial score (nSPS) is 10.5. The Kier molecular flexibility index (Phi) is 6.62. The van der Waals surface area contributed by atoms with Gasteiger partial charge in [0.25, 0.3) is 5.91 Å². The number of rotatable bonds is 7. The summed E-state index contributed by atoms with van der Waals surface area (Å²) in [7, 11) is 0. The highest BCUT2D eigenvalue weighted by molar-refractivity contribution is 7.99. The maximum absolute atomic E-state index is 12.7. The highest BCUT2D eigenvalue weighted by Gasteiger charge is 2.16. The first-order valence-electron chi connectivity index (χ1n) is 9.97. The predicted molar refractivity (Wildman–Crippen MR) is 126 cm³/mol. The number of nitrogens with zero attached hydrogens (tertiary/aromatic N) is 3. The van der Waals surface area contributed by atoms with Crippen LogP contribution >= 0.6 is 11.8 Å². The van der Waals surface area contributed by atoms with E-state index in [0.717, 1.165) is 11.5 Å². The fraction of sp³-hybridized carbons (Fsp3) is 0.0833. The zero-order valence-electron chi connectivity index (χ0n) is 17.4. The van der Waals surface area contributed by atoms with Gasteiger partial charge < -0.3 is 10.6 Å². The van der Waals surface area contributed by atoms with Crippen molar-refractivity contribution in [3.63, 3.8) is 0 Å². The van der Waals surface area contributed by atoms with Gasteiger partial charge in [0.15, 0.2) is 5.16 Å². The van der Waals surface area contributed by atoms with Gasteiger partial charge in [-0.15, -0.1) is 10.2 Å². The van der Waals surface area contributed by atoms with Crippen LogP contribution < -0.4 is 10.6 Å². The molecular weight excluding hydrogens is 422 g/mol. The van der Waals surface area contributed by atoms with Crippen LogP contribution in [0, 0.1) is 6.92 Å². The summed E-state index contributed by atoms with van der Waals surface area (Å²) in [5, 5.41) is 14.6. The molecule has 0 spiro atoms. The van der Waals surface area contributed by atoms with Gasteiger partial charge in [0.1, 0.15) is 5.82 Å². The Morgan fingerprint density at radius 1 is 0.844 bits per heavy atom. The molecule has 0 atom stereocenters. The molecule has 160 valence electrons. The summed E-state index contributed by atoms with van der Waals surface area (Å²) in [6.45, 7) is 1.87. The van der Waals surface area contributed by atoms with Gasteiger partial charge in [-0.1, -0.05) is 60.3 Å². The van der Waals surface area contributed by atoms with E-state index in [0.29, 0.717) is 22.1 Å². The van der Waals surface area contributed by atoms with E-state index >= 15 is 0 Å². The number of carbonyl (C=O) groups is 2. The molecule has 2 amide bonds. The van der Waals surface area contributed by atoms with Gasteiger partial charge in [-0.2, -0.15) is 0 Å². The molecule has 1 aromatic heterocycles. The number of carbonyl (C=O) groups excluding carboxylic acids is 2. The minimum Gasteiger partial charge on any atom is -0.325 e. The Morgan fingerprint density at radius 3 is 2.25 bits per heavy atom. The summed E-state index contributed by atoms with van der Waals surface area (Å²) in [4.78, 5) is 25.4. The second kappa shape index (κ2) is 9.93. The lowest BCUT2D eigenvalue weighted by molar-refractivity contribution is -0.113. The van der Waals surface area contributed by atoms with E-state index in [-0.39, 0.29) is 17.6 Å². The Bertz CT molecular complexity index is 1230. The number of nitrogens with one attached hydrogen (secondary N) is 2. The quantitative estimate of drug-likeness (QED) is 0.409. The van der Waals surface area contributed by atoms with E-state index < -0.39 is 0 Å². The van der Waals surface area contributed by atoms with Gasteiger partial charge in [-0.3, -0.25) is 14.2 Å². The van der Waals surface area contributed by atoms with Gasteiger partial charge >= 0.3 is 0 Å². The fourth-order valence-electron chi connectivity index (χ4n) is 3.14. The minimum absolute atomic E-state index is 0.125. The number of hydrogen-bond acceptors (Lipinski definition) is 5. The summed E-state index contributed by atoms with van der Waals surface area (Å²) < 4.78 is 1.90. The largest absolute Gasteiger partial charge is 0.325 e. The van der Waals surface area contributed by atoms with Crippen molar-refractivity contribution in [2.24, 2.45) is 0 Å². The number of aryl methyl sites for hydroxylation is 1. The van der Waals surface area contributed by atoms with Crippen LogP contribution in [0.5, 0.6) is 0 Å². The molecule has 8 heteroatoms. The molecule has 2 N–H and O–H groups in total. The third kappa shape index (κ3) is 5.04. The third-order valence-electron chi connectivity index (χ3n) is 4.62. The average Bonchev–Trinajstić information content (AvgIpc) is 3.19. The average molecular weight is 444 g/mol. The molecule has 0 bridgehead atoms. The first kappa shape index (κ1) is 21.3. The second-order valence-electron chi connectivity index (χ2n) is 6.90. The van der Waals surface area contributed by atoms with Gasteiger partial charge in [0.05, 0.1) is 17.0 Å². The van der Waals surface area contributed by atoms with Crippen LogP contribution in [0.1, 0.15) is 16.2 Å². The molecule has 0 saturated heterocycles. The van der Waals surface area contributed by atoms with Crippen molar-refractivity contribution >= 4 is 35.0 Å². The van der Waals surface area contributed by atoms with E-state index in [1.54, 1.807) is 36.4 Å². The fourth-order valence-corrected chi connectivity index (χ4v) is 3.93. The number of hydrogen-bond donors (Lipinski definition) is 2. The van der Waals surface area contributed by atoms with Crippen LogP contribution in [0.2, 0.25) is 0 Å². The molecular formula is C24H21N5O2S. The summed E-state index contributed by atoms with van der Waals surface area (Å²) >= 11 is 1.28. The summed E-state index contributed by atoms with van der Waals surface area (Å²) in [6, 6.07) is 25.8. The lowest BCUT2D eigenvalue weighted by Crippen LogP contribution is -2.19. The predicted octanol–water partition coefficient (Wildman–Crippen LogP) is 4.56. The van der Waals surface area contributed by atoms with Crippen LogP contribution in [0.25, 0.3) is 5.69 Å². The molecule has 4 rings (SSSR count). The lowest BCUT2D eigenvalue weighted by atomic mass is 10.1. The van der Waals surface area contributed by atoms with Crippen LogP contribution in [-0.4, -0.2) is 32.3 Å². The van der Waals surface area contributed by atoms with Crippen molar-refractivity contribution in [3.8, 4) is 5.69 Å². The zero-order chi connectivity index (χ0) is 22.3. The van der Waals surface area contributed by atoms with Crippen LogP contribution in [-0.2, 0) is 4.79 Å². The Morgan fingerprint density at radius 2 is 1.50 bits per heavy atom. The third-order valence-corrected chi connectivity index (χ3v) is 5.55. The Labute approximate surface area is 189 Å². The van der Waals surface area contributed by atoms with Gasteiger partial charge in [0.2, 0.25) is 5.91 Å². The van der Waals surface area contributed by atoms with E-state index in [2.05, 4.69) is 20.8 Å². The molecule has 32 heavy (non-hydrogen) atoms. The number of aromatic nitrogens is 3. The van der Waals surface area contributed by atoms with Gasteiger partial charge in [0, 0.05) is 11.4 Å². The van der Waals surface area contributed by atoms with Crippen molar-refractivity contribution in [2.75, 3.05) is 16.4 Å². The van der Waals surface area contributed by atoms with Crippen molar-refractivity contribution in [1.82, 2.24) is 14.8 Å². The van der Waals surface area contributed by atoms with Crippen molar-refractivity contribution in [2.45, 2.75) is 12.1 Å². The first-order valence-corrected chi connectivity index (χ1v) is 11.0. The number of thioether (sulfide) groups is 1. The van der Waals surface area contributed by atoms with E-state index in [4.69, 9.17) is 0 Å². The molecule has 0 fully saturated rings. The smallest absolute Gasteiger partial charge is 0.257 e. The van der Waals surface area contributed by atoms with Gasteiger partial charge in [-0.25, -0.2) is 0 Å². The highest BCUT2D eigenvalue weighted by Crippen LogP contribution is 2.23. The summed E-state index contributed by atoms with van der Waals surface area (Å²) in [6.07, 6.45) is 0. The molecule has 3 aromatic carbocycles. The van der Waals surface area contributed by atoms with E-state index in [9.17, 15) is 9.59 Å². The Hall–Kier alpha value is -3.91. The van der Waals surface area contributed by atoms with Gasteiger partial charge in [-0.05, 0) is 43.3 Å². The molecule has 0 aliphatic carbocycles. The molecule has 0 saturated carbocycles. The molecule has 0 aliphatic rings. The van der Waals surface area contributed by atoms with Crippen molar-refractivity contribution < 1.29 is 9.59 Å². The summed E-state index contributed by atoms with van der Waals surface area (Å²) in [5.41, 5.74) is 2.45. The Balaban J connectivity index is 1.43. The maximum Gasteiger partial charge on any atom is 0.257 e. The minimum atomic E-state index is -0.292. The molecule has 4 aromatic rings. The standard InChI is InChI=1S/C24H21N5O2S/c1-17-27-28-24(29(17)19-12-6-3-7-13-19)32-16-22(30)26-21-15-9-8-14-20(21)23(31)25-18-10-4-2-5-11-18/h2-15H,16H2,1H3,(H,25,31)(H,26,30).